The third-order valence-electron chi connectivity index (χ3n) is 6.17. The Morgan fingerprint density at radius 2 is 1.47 bits per heavy atom. The number of phenols is 1. The molecule has 0 heterocycles. The summed E-state index contributed by atoms with van der Waals surface area (Å²) >= 11 is 0. The van der Waals surface area contributed by atoms with Crippen molar-refractivity contribution in [2.45, 2.75) is 70.6 Å². The summed E-state index contributed by atoms with van der Waals surface area (Å²) < 4.78 is 0. The van der Waals surface area contributed by atoms with Crippen molar-refractivity contribution in [3.8, 4) is 5.75 Å². The van der Waals surface area contributed by atoms with Crippen LogP contribution in [-0.2, 0) is 35.2 Å². The number of aliphatic imine (C=N–C) groups is 1. The normalized spacial score (nSPS) is 13.4. The number of phenolic OH excluding ortho intramolecular Hbond substituents is 1. The van der Waals surface area contributed by atoms with Crippen molar-refractivity contribution in [3.05, 3.63) is 35.7 Å². The van der Waals surface area contributed by atoms with Crippen LogP contribution < -0.4 is 43.8 Å². The zero-order chi connectivity index (χ0) is 34.1. The Bertz CT molecular complexity index is 1200. The number of hydrogen-bond acceptors (Lipinski definition) is 9. The molecule has 1 aromatic carbocycles. The van der Waals surface area contributed by atoms with Gasteiger partial charge in [0.15, 0.2) is 5.96 Å². The molecule has 0 aliphatic rings. The average molecular weight is 635 g/mol. The summed E-state index contributed by atoms with van der Waals surface area (Å²) in [6.07, 6.45) is 0.787. The van der Waals surface area contributed by atoms with Gasteiger partial charge in [-0.25, -0.2) is 0 Å². The molecule has 45 heavy (non-hydrogen) atoms. The average Bonchev–Trinajstić information content (AvgIpc) is 2.96. The molecule has 17 nitrogen and oxygen atoms in total. The van der Waals surface area contributed by atoms with E-state index >= 15 is 0 Å². The van der Waals surface area contributed by atoms with Crippen LogP contribution in [0.2, 0.25) is 0 Å². The van der Waals surface area contributed by atoms with E-state index in [1.54, 1.807) is 26.0 Å². The molecule has 0 aromatic heterocycles. The van der Waals surface area contributed by atoms with Crippen LogP contribution in [0.1, 0.15) is 45.6 Å². The van der Waals surface area contributed by atoms with Gasteiger partial charge in [0.05, 0.1) is 12.6 Å². The number of rotatable bonds is 19. The third kappa shape index (κ3) is 15.9. The number of guanidine groups is 1. The second-order valence-electron chi connectivity index (χ2n) is 10.6. The van der Waals surface area contributed by atoms with Crippen LogP contribution in [0.15, 0.2) is 29.3 Å². The van der Waals surface area contributed by atoms with Gasteiger partial charge >= 0.3 is 5.97 Å². The van der Waals surface area contributed by atoms with Gasteiger partial charge < -0.3 is 54.0 Å². The zero-order valence-electron chi connectivity index (χ0n) is 25.6. The summed E-state index contributed by atoms with van der Waals surface area (Å²) in [5, 5.41) is 30.6. The van der Waals surface area contributed by atoms with Crippen molar-refractivity contribution in [3.63, 3.8) is 0 Å². The second kappa shape index (κ2) is 19.4. The monoisotopic (exact) mass is 634 g/mol. The smallest absolute Gasteiger partial charge is 0.322 e. The first-order valence-corrected chi connectivity index (χ1v) is 14.1. The van der Waals surface area contributed by atoms with Gasteiger partial charge in [-0.2, -0.15) is 0 Å². The number of nitrogens with zero attached hydrogens (tertiary/aromatic N) is 1. The highest BCUT2D eigenvalue weighted by Crippen LogP contribution is 2.12. The summed E-state index contributed by atoms with van der Waals surface area (Å²) in [5.41, 5.74) is 16.9. The minimum absolute atomic E-state index is 0.00654. The number of carbonyl (C=O) groups is 6. The van der Waals surface area contributed by atoms with E-state index < -0.39 is 72.8 Å². The Morgan fingerprint density at radius 3 is 2.04 bits per heavy atom. The molecule has 0 bridgehead atoms. The predicted octanol–water partition coefficient (Wildman–Crippen LogP) is -2.89. The lowest BCUT2D eigenvalue weighted by molar-refractivity contribution is -0.138. The van der Waals surface area contributed by atoms with E-state index in [0.717, 1.165) is 5.92 Å². The number of aromatic hydroxyl groups is 1. The molecule has 1 aromatic rings. The molecule has 5 amide bonds. The van der Waals surface area contributed by atoms with Gasteiger partial charge in [-0.05, 0) is 49.8 Å². The maximum atomic E-state index is 13.2. The van der Waals surface area contributed by atoms with Gasteiger partial charge in [-0.15, -0.1) is 0 Å². The molecule has 13 N–H and O–H groups in total. The molecule has 0 aliphatic carbocycles. The fourth-order valence-electron chi connectivity index (χ4n) is 3.85. The van der Waals surface area contributed by atoms with Crippen molar-refractivity contribution in [1.29, 1.82) is 0 Å². The SMILES string of the molecule is C[C](C)C[C@H](NC(=O)[C@H](C)NC(=O)[C@H](Cc1ccc(O)cc1)NC(=O)CNC(=O)[C@@H](N)CCCN=C(N)N)C(=O)NCC(=O)O. The Hall–Kier alpha value is -4.93. The van der Waals surface area contributed by atoms with Crippen molar-refractivity contribution in [2.75, 3.05) is 19.6 Å². The first-order valence-electron chi connectivity index (χ1n) is 14.1. The summed E-state index contributed by atoms with van der Waals surface area (Å²) in [5.74, 6) is -4.04. The number of carbonyl (C=O) groups excluding carboxylic acids is 5. The van der Waals surface area contributed by atoms with E-state index in [9.17, 15) is 33.9 Å². The molecule has 17 heteroatoms. The topological polar surface area (TPSA) is 293 Å². The van der Waals surface area contributed by atoms with Crippen LogP contribution in [0.4, 0.5) is 0 Å². The van der Waals surface area contributed by atoms with Gasteiger partial charge in [0.1, 0.15) is 30.4 Å². The van der Waals surface area contributed by atoms with Crippen molar-refractivity contribution in [1.82, 2.24) is 26.6 Å². The molecule has 0 saturated heterocycles. The molecule has 1 rings (SSSR count). The van der Waals surface area contributed by atoms with Crippen LogP contribution in [0.3, 0.4) is 0 Å². The van der Waals surface area contributed by atoms with Gasteiger partial charge in [-0.3, -0.25) is 33.8 Å². The number of carboxylic acids is 1. The maximum Gasteiger partial charge on any atom is 0.322 e. The molecule has 249 valence electrons. The van der Waals surface area contributed by atoms with Crippen LogP contribution in [0.25, 0.3) is 0 Å². The Balaban J connectivity index is 2.89. The molecular weight excluding hydrogens is 590 g/mol. The highest BCUT2D eigenvalue weighted by molar-refractivity contribution is 5.95. The summed E-state index contributed by atoms with van der Waals surface area (Å²) in [7, 11) is 0. The molecule has 4 atom stereocenters. The Morgan fingerprint density at radius 1 is 0.844 bits per heavy atom. The molecule has 0 saturated carbocycles. The van der Waals surface area contributed by atoms with E-state index in [2.05, 4.69) is 31.6 Å². The van der Waals surface area contributed by atoms with E-state index in [1.165, 1.54) is 19.1 Å². The van der Waals surface area contributed by atoms with E-state index in [1.807, 2.05) is 0 Å². The predicted molar refractivity (Wildman–Crippen MR) is 164 cm³/mol. The zero-order valence-corrected chi connectivity index (χ0v) is 25.6. The van der Waals surface area contributed by atoms with E-state index in [-0.39, 0.29) is 37.5 Å². The number of nitrogens with two attached hydrogens (primary N) is 3. The third-order valence-corrected chi connectivity index (χ3v) is 6.17. The highest BCUT2D eigenvalue weighted by Gasteiger charge is 2.28. The first-order chi connectivity index (χ1) is 21.1. The van der Waals surface area contributed by atoms with Crippen molar-refractivity contribution in [2.24, 2.45) is 22.2 Å². The van der Waals surface area contributed by atoms with E-state index in [0.29, 0.717) is 12.0 Å². The molecule has 0 unspecified atom stereocenters. The lowest BCUT2D eigenvalue weighted by Crippen LogP contribution is -2.57. The second-order valence-corrected chi connectivity index (χ2v) is 10.6. The minimum atomic E-state index is -1.25. The molecular formula is C28H44N9O8. The van der Waals surface area contributed by atoms with Crippen LogP contribution in [0, 0.1) is 5.92 Å². The fourth-order valence-corrected chi connectivity index (χ4v) is 3.85. The number of hydrogen-bond donors (Lipinski definition) is 10. The molecule has 0 spiro atoms. The van der Waals surface area contributed by atoms with Crippen LogP contribution in [-0.4, -0.2) is 95.5 Å². The lowest BCUT2D eigenvalue weighted by atomic mass is 10.0. The Labute approximate surface area is 261 Å². The summed E-state index contributed by atoms with van der Waals surface area (Å²) in [6.45, 7) is 3.99. The largest absolute Gasteiger partial charge is 0.508 e. The molecule has 1 radical (unpaired) electrons. The molecule has 0 aliphatic heterocycles. The van der Waals surface area contributed by atoms with Gasteiger partial charge in [0.25, 0.3) is 0 Å². The number of carboxylic acid groups (broad SMARTS) is 1. The fraction of sp³-hybridized carbons (Fsp3) is 0.500. The van der Waals surface area contributed by atoms with Crippen molar-refractivity contribution >= 4 is 41.5 Å². The van der Waals surface area contributed by atoms with Crippen LogP contribution in [0.5, 0.6) is 5.75 Å². The van der Waals surface area contributed by atoms with Crippen LogP contribution >= 0.6 is 0 Å². The number of aliphatic carboxylic acids is 1. The van der Waals surface area contributed by atoms with E-state index in [4.69, 9.17) is 22.3 Å². The van der Waals surface area contributed by atoms with Gasteiger partial charge in [0, 0.05) is 13.0 Å². The lowest BCUT2D eigenvalue weighted by Gasteiger charge is -2.24. The maximum absolute atomic E-state index is 13.2. The quantitative estimate of drug-likeness (QED) is 0.0418. The summed E-state index contributed by atoms with van der Waals surface area (Å²) in [6, 6.07) is 1.51. The molecule has 0 fully saturated rings. The number of benzene rings is 1. The highest BCUT2D eigenvalue weighted by atomic mass is 16.4. The first kappa shape index (κ1) is 38.1. The minimum Gasteiger partial charge on any atom is -0.508 e. The summed E-state index contributed by atoms with van der Waals surface area (Å²) in [4.78, 5) is 78.2. The Kier molecular flexibility index (Phi) is 16.4. The standard InChI is InChI=1S/C28H44N9O8/c1-15(2)11-20(26(44)34-14-23(40)41)37-24(42)16(3)35-27(45)21(12-17-6-8-18(38)9-7-17)36-22(39)13-33-25(43)19(29)5-4-10-32-28(30)31/h6-9,16,19-21,38H,4-5,10-14,29H2,1-3H3,(H,33,43)(H,34,44)(H,35,45)(H,36,39)(H,37,42)(H,40,41)(H4,30,31,32)/t16-,19-,20-,21-/m0/s1. The van der Waals surface area contributed by atoms with Gasteiger partial charge in [0.2, 0.25) is 29.5 Å². The number of amides is 5. The number of nitrogens with one attached hydrogen (secondary N) is 5. The van der Waals surface area contributed by atoms with Crippen molar-refractivity contribution < 1.29 is 39.0 Å². The van der Waals surface area contributed by atoms with Gasteiger partial charge in [-0.1, -0.05) is 26.0 Å².